The molecule has 1 N–H and O–H groups in total. The lowest BCUT2D eigenvalue weighted by molar-refractivity contribution is -0.129. The molecule has 0 spiro atoms. The summed E-state index contributed by atoms with van der Waals surface area (Å²) in [5.41, 5.74) is 0.772. The van der Waals surface area contributed by atoms with Crippen LogP contribution in [0.25, 0.3) is 10.4 Å². The van der Waals surface area contributed by atoms with Crippen molar-refractivity contribution in [3.05, 3.63) is 47.1 Å². The number of benzene rings is 1. The third kappa shape index (κ3) is 4.92. The van der Waals surface area contributed by atoms with Crippen molar-refractivity contribution in [2.75, 3.05) is 11.5 Å². The Morgan fingerprint density at radius 1 is 1.22 bits per heavy atom. The first kappa shape index (κ1) is 19.5. The zero-order valence-electron chi connectivity index (χ0n) is 14.5. The zero-order chi connectivity index (χ0) is 19.6. The maximum absolute atomic E-state index is 13.0. The van der Waals surface area contributed by atoms with Gasteiger partial charge >= 0.3 is 5.97 Å². The van der Waals surface area contributed by atoms with Gasteiger partial charge in [0.15, 0.2) is 15.9 Å². The molecule has 27 heavy (non-hydrogen) atoms. The molecule has 1 aromatic heterocycles. The Hall–Kier alpha value is -2.26. The number of nitrogens with one attached hydrogen (secondary N) is 1. The third-order valence-electron chi connectivity index (χ3n) is 4.17. The Balaban J connectivity index is 1.58. The van der Waals surface area contributed by atoms with Crippen molar-refractivity contribution in [3.8, 4) is 10.4 Å². The zero-order valence-corrected chi connectivity index (χ0v) is 16.1. The summed E-state index contributed by atoms with van der Waals surface area (Å²) in [6.45, 7) is 1.44. The van der Waals surface area contributed by atoms with Crippen LogP contribution in [0.4, 0.5) is 4.39 Å². The molecule has 1 saturated heterocycles. The Labute approximate surface area is 160 Å². The van der Waals surface area contributed by atoms with E-state index < -0.39 is 33.9 Å². The van der Waals surface area contributed by atoms with Crippen LogP contribution in [0.1, 0.15) is 23.0 Å². The number of rotatable bonds is 5. The molecular formula is C18H18FNO5S2. The van der Waals surface area contributed by atoms with Gasteiger partial charge in [0.2, 0.25) is 0 Å². The number of halogens is 1. The Morgan fingerprint density at radius 3 is 2.56 bits per heavy atom. The minimum absolute atomic E-state index is 0.0491. The molecule has 1 aliphatic rings. The summed E-state index contributed by atoms with van der Waals surface area (Å²) in [6, 6.07) is 8.76. The molecule has 1 fully saturated rings. The molecule has 0 bridgehead atoms. The maximum Gasteiger partial charge on any atom is 0.349 e. The van der Waals surface area contributed by atoms with Crippen molar-refractivity contribution >= 4 is 33.1 Å². The van der Waals surface area contributed by atoms with Gasteiger partial charge in [-0.2, -0.15) is 0 Å². The minimum atomic E-state index is -3.10. The molecule has 0 radical (unpaired) electrons. The van der Waals surface area contributed by atoms with Crippen molar-refractivity contribution in [3.63, 3.8) is 0 Å². The Kier molecular flexibility index (Phi) is 5.61. The molecule has 144 valence electrons. The van der Waals surface area contributed by atoms with E-state index in [1.165, 1.54) is 30.4 Å². The van der Waals surface area contributed by atoms with Crippen LogP contribution in [0.3, 0.4) is 0 Å². The van der Waals surface area contributed by atoms with E-state index in [2.05, 4.69) is 5.32 Å². The summed E-state index contributed by atoms with van der Waals surface area (Å²) >= 11 is 1.18. The molecule has 0 saturated carbocycles. The lowest BCUT2D eigenvalue weighted by atomic mass is 10.2. The first-order chi connectivity index (χ1) is 12.7. The summed E-state index contributed by atoms with van der Waals surface area (Å²) in [5.74, 6) is -1.56. The number of amides is 1. The highest BCUT2D eigenvalue weighted by Crippen LogP contribution is 2.28. The smallest absolute Gasteiger partial charge is 0.349 e. The lowest BCUT2D eigenvalue weighted by Gasteiger charge is -2.16. The number of carbonyl (C=O) groups is 2. The van der Waals surface area contributed by atoms with Crippen molar-refractivity contribution in [2.45, 2.75) is 25.5 Å². The number of esters is 1. The molecule has 0 aliphatic carbocycles. The normalized spacial score (nSPS) is 19.4. The van der Waals surface area contributed by atoms with E-state index in [1.807, 2.05) is 0 Å². The maximum atomic E-state index is 13.0. The molecular weight excluding hydrogens is 393 g/mol. The summed E-state index contributed by atoms with van der Waals surface area (Å²) in [4.78, 5) is 25.5. The third-order valence-corrected chi connectivity index (χ3v) is 7.05. The van der Waals surface area contributed by atoms with Crippen molar-refractivity contribution < 1.29 is 27.1 Å². The first-order valence-corrected chi connectivity index (χ1v) is 10.9. The van der Waals surface area contributed by atoms with Crippen molar-refractivity contribution in [1.29, 1.82) is 0 Å². The van der Waals surface area contributed by atoms with Gasteiger partial charge in [-0.05, 0) is 43.2 Å². The second kappa shape index (κ2) is 7.77. The van der Waals surface area contributed by atoms with Crippen LogP contribution < -0.4 is 5.32 Å². The number of thiophene rings is 1. The summed E-state index contributed by atoms with van der Waals surface area (Å²) in [7, 11) is -3.10. The molecule has 2 heterocycles. The predicted molar refractivity (Wildman–Crippen MR) is 99.8 cm³/mol. The van der Waals surface area contributed by atoms with Crippen LogP contribution in [0.15, 0.2) is 36.4 Å². The van der Waals surface area contributed by atoms with Crippen LogP contribution >= 0.6 is 11.3 Å². The van der Waals surface area contributed by atoms with E-state index in [0.29, 0.717) is 11.3 Å². The number of hydrogen-bond donors (Lipinski definition) is 1. The highest BCUT2D eigenvalue weighted by atomic mass is 32.2. The topological polar surface area (TPSA) is 89.5 Å². The number of sulfone groups is 1. The fourth-order valence-electron chi connectivity index (χ4n) is 2.72. The van der Waals surface area contributed by atoms with Crippen molar-refractivity contribution in [2.24, 2.45) is 0 Å². The fourth-order valence-corrected chi connectivity index (χ4v) is 5.28. The van der Waals surface area contributed by atoms with Gasteiger partial charge < -0.3 is 10.1 Å². The molecule has 3 rings (SSSR count). The SMILES string of the molecule is C[C@H](OC(=O)c1ccc(-c2ccc(F)cc2)s1)C(=O)N[C@H]1CCS(=O)(=O)C1. The molecule has 1 aliphatic heterocycles. The second-order valence-corrected chi connectivity index (χ2v) is 9.64. The van der Waals surface area contributed by atoms with E-state index in [4.69, 9.17) is 4.74 Å². The molecule has 0 unspecified atom stereocenters. The van der Waals surface area contributed by atoms with E-state index in [0.717, 1.165) is 10.4 Å². The average Bonchev–Trinajstić information content (AvgIpc) is 3.22. The lowest BCUT2D eigenvalue weighted by Crippen LogP contribution is -2.42. The summed E-state index contributed by atoms with van der Waals surface area (Å²) < 4.78 is 41.1. The predicted octanol–water partition coefficient (Wildman–Crippen LogP) is 2.40. The average molecular weight is 411 g/mol. The van der Waals surface area contributed by atoms with E-state index in [-0.39, 0.29) is 17.3 Å². The van der Waals surface area contributed by atoms with Gasteiger partial charge in [0.05, 0.1) is 11.5 Å². The van der Waals surface area contributed by atoms with Gasteiger partial charge in [0.25, 0.3) is 5.91 Å². The second-order valence-electron chi connectivity index (χ2n) is 6.33. The van der Waals surface area contributed by atoms with Gasteiger partial charge in [-0.15, -0.1) is 11.3 Å². The molecule has 2 aromatic rings. The highest BCUT2D eigenvalue weighted by Gasteiger charge is 2.31. The standard InChI is InChI=1S/C18H18FNO5S2/c1-11(17(21)20-14-8-9-27(23,24)10-14)25-18(22)16-7-6-15(26-16)12-2-4-13(19)5-3-12/h2-7,11,14H,8-10H2,1H3,(H,20,21)/t11-,14-/m0/s1. The molecule has 6 nitrogen and oxygen atoms in total. The first-order valence-electron chi connectivity index (χ1n) is 8.31. The number of hydrogen-bond acceptors (Lipinski definition) is 6. The molecule has 1 aromatic carbocycles. The van der Waals surface area contributed by atoms with Gasteiger partial charge in [0.1, 0.15) is 10.7 Å². The number of ether oxygens (including phenoxy) is 1. The van der Waals surface area contributed by atoms with E-state index in [9.17, 15) is 22.4 Å². The van der Waals surface area contributed by atoms with Gasteiger partial charge in [-0.3, -0.25) is 4.79 Å². The van der Waals surface area contributed by atoms with Crippen LogP contribution in [-0.2, 0) is 19.4 Å². The summed E-state index contributed by atoms with van der Waals surface area (Å²) in [6.07, 6.45) is -0.682. The van der Waals surface area contributed by atoms with Gasteiger partial charge in [-0.1, -0.05) is 12.1 Å². The fraction of sp³-hybridized carbons (Fsp3) is 0.333. The van der Waals surface area contributed by atoms with Crippen LogP contribution in [0.2, 0.25) is 0 Å². The van der Waals surface area contributed by atoms with Crippen LogP contribution in [-0.4, -0.2) is 43.9 Å². The monoisotopic (exact) mass is 411 g/mol. The largest absolute Gasteiger partial charge is 0.448 e. The molecule has 9 heteroatoms. The van der Waals surface area contributed by atoms with Gasteiger partial charge in [0, 0.05) is 10.9 Å². The number of carbonyl (C=O) groups excluding carboxylic acids is 2. The van der Waals surface area contributed by atoms with Crippen LogP contribution in [0, 0.1) is 5.82 Å². The van der Waals surface area contributed by atoms with Crippen LogP contribution in [0.5, 0.6) is 0 Å². The molecule has 1 amide bonds. The quantitative estimate of drug-likeness (QED) is 0.763. The highest BCUT2D eigenvalue weighted by molar-refractivity contribution is 7.91. The van der Waals surface area contributed by atoms with Gasteiger partial charge in [-0.25, -0.2) is 17.6 Å². The Morgan fingerprint density at radius 2 is 1.93 bits per heavy atom. The Bertz CT molecular complexity index is 952. The summed E-state index contributed by atoms with van der Waals surface area (Å²) in [5, 5.41) is 2.60. The van der Waals surface area contributed by atoms with E-state index in [1.54, 1.807) is 24.3 Å². The van der Waals surface area contributed by atoms with Crippen molar-refractivity contribution in [1.82, 2.24) is 5.32 Å². The van der Waals surface area contributed by atoms with E-state index >= 15 is 0 Å². The molecule has 2 atom stereocenters. The minimum Gasteiger partial charge on any atom is -0.448 e.